The van der Waals surface area contributed by atoms with Crippen molar-refractivity contribution in [3.63, 3.8) is 0 Å². The van der Waals surface area contributed by atoms with Crippen molar-refractivity contribution in [3.05, 3.63) is 52.8 Å². The van der Waals surface area contributed by atoms with E-state index in [0.29, 0.717) is 16.7 Å². The van der Waals surface area contributed by atoms with Crippen molar-refractivity contribution >= 4 is 17.2 Å². The third-order valence-corrected chi connectivity index (χ3v) is 3.10. The minimum atomic E-state index is 0.384. The van der Waals surface area contributed by atoms with Crippen molar-refractivity contribution in [2.45, 2.75) is 13.8 Å². The number of fused-ring (bicyclic) bond motifs is 1. The molecule has 1 aromatic carbocycles. The topological polar surface area (TPSA) is 39.4 Å². The van der Waals surface area contributed by atoms with Gasteiger partial charge in [-0.2, -0.15) is 9.61 Å². The molecule has 0 N–H and O–H groups in total. The Morgan fingerprint density at radius 3 is 2.63 bits per heavy atom. The third-order valence-electron chi connectivity index (χ3n) is 2.91. The molecule has 19 heavy (non-hydrogen) atoms. The fourth-order valence-corrected chi connectivity index (χ4v) is 2.17. The predicted molar refractivity (Wildman–Crippen MR) is 74.0 cm³/mol. The first-order valence-electron chi connectivity index (χ1n) is 5.89. The van der Waals surface area contributed by atoms with Gasteiger partial charge in [0.1, 0.15) is 10.9 Å². The zero-order valence-electron chi connectivity index (χ0n) is 10.6. The normalized spacial score (nSPS) is 10.9. The molecule has 2 aromatic heterocycles. The van der Waals surface area contributed by atoms with Gasteiger partial charge in [0.15, 0.2) is 5.65 Å². The Bertz CT molecular complexity index is 731. The van der Waals surface area contributed by atoms with Crippen LogP contribution in [0.2, 0.25) is 5.15 Å². The van der Waals surface area contributed by atoms with Gasteiger partial charge in [0.25, 0.3) is 0 Å². The van der Waals surface area contributed by atoms with Gasteiger partial charge in [-0.05, 0) is 25.0 Å². The van der Waals surface area contributed by atoms with Crippen molar-refractivity contribution < 1.29 is 4.74 Å². The van der Waals surface area contributed by atoms with Crippen LogP contribution < -0.4 is 4.74 Å². The Balaban J connectivity index is 2.13. The highest BCUT2D eigenvalue weighted by Gasteiger charge is 2.10. The molecule has 0 fully saturated rings. The summed E-state index contributed by atoms with van der Waals surface area (Å²) < 4.78 is 7.59. The predicted octanol–water partition coefficient (Wildman–Crippen LogP) is 3.79. The number of hydrogen-bond donors (Lipinski definition) is 0. The Hall–Kier alpha value is -2.07. The molecule has 0 saturated carbocycles. The number of hydrogen-bond acceptors (Lipinski definition) is 3. The summed E-state index contributed by atoms with van der Waals surface area (Å²) in [7, 11) is 0. The summed E-state index contributed by atoms with van der Waals surface area (Å²) in [4.78, 5) is 4.17. The minimum Gasteiger partial charge on any atom is -0.438 e. The molecule has 4 nitrogen and oxygen atoms in total. The van der Waals surface area contributed by atoms with Gasteiger partial charge in [-0.15, -0.1) is 0 Å². The van der Waals surface area contributed by atoms with E-state index in [0.717, 1.165) is 16.9 Å². The number of para-hydroxylation sites is 1. The maximum absolute atomic E-state index is 5.99. The third kappa shape index (κ3) is 2.15. The summed E-state index contributed by atoms with van der Waals surface area (Å²) in [5, 5.41) is 4.57. The van der Waals surface area contributed by atoms with Crippen LogP contribution in [0.3, 0.4) is 0 Å². The lowest BCUT2D eigenvalue weighted by Crippen LogP contribution is -1.99. The van der Waals surface area contributed by atoms with Gasteiger partial charge in [-0.25, -0.2) is 4.98 Å². The van der Waals surface area contributed by atoms with Gasteiger partial charge in [-0.3, -0.25) is 0 Å². The first-order valence-corrected chi connectivity index (χ1v) is 6.27. The van der Waals surface area contributed by atoms with E-state index in [1.807, 2.05) is 32.0 Å². The van der Waals surface area contributed by atoms with Gasteiger partial charge in [0.2, 0.25) is 5.88 Å². The molecule has 0 aliphatic carbocycles. The molecule has 0 aliphatic rings. The maximum Gasteiger partial charge on any atom is 0.225 e. The molecule has 0 bridgehead atoms. The van der Waals surface area contributed by atoms with Crippen molar-refractivity contribution in [1.82, 2.24) is 14.6 Å². The van der Waals surface area contributed by atoms with E-state index in [9.17, 15) is 0 Å². The average Bonchev–Trinajstić information content (AvgIpc) is 2.81. The fourth-order valence-electron chi connectivity index (χ4n) is 1.99. The van der Waals surface area contributed by atoms with Crippen LogP contribution in [0, 0.1) is 13.8 Å². The quantitative estimate of drug-likeness (QED) is 0.667. The molecule has 0 unspecified atom stereocenters. The standard InChI is InChI=1S/C14H12ClN3O/c1-9-4-3-5-10(2)14(9)19-13-8-11(15)17-12-6-7-16-18(12)13/h3-8H,1-2H3. The summed E-state index contributed by atoms with van der Waals surface area (Å²) in [5.74, 6) is 1.37. The molecular weight excluding hydrogens is 262 g/mol. The largest absolute Gasteiger partial charge is 0.438 e. The molecule has 0 saturated heterocycles. The monoisotopic (exact) mass is 273 g/mol. The van der Waals surface area contributed by atoms with Crippen molar-refractivity contribution in [2.75, 3.05) is 0 Å². The van der Waals surface area contributed by atoms with Gasteiger partial charge in [0, 0.05) is 12.1 Å². The van der Waals surface area contributed by atoms with E-state index in [1.165, 1.54) is 0 Å². The minimum absolute atomic E-state index is 0.384. The van der Waals surface area contributed by atoms with E-state index in [2.05, 4.69) is 10.1 Å². The highest BCUT2D eigenvalue weighted by molar-refractivity contribution is 6.29. The summed E-state index contributed by atoms with van der Waals surface area (Å²) in [6.45, 7) is 4.01. The molecular formula is C14H12ClN3O. The number of aryl methyl sites for hydroxylation is 2. The first kappa shape index (κ1) is 12.0. The first-order chi connectivity index (χ1) is 9.15. The van der Waals surface area contributed by atoms with Gasteiger partial charge < -0.3 is 4.74 Å². The molecule has 0 spiro atoms. The molecule has 96 valence electrons. The summed E-state index contributed by atoms with van der Waals surface area (Å²) in [6, 6.07) is 9.45. The van der Waals surface area contributed by atoms with Crippen molar-refractivity contribution in [1.29, 1.82) is 0 Å². The highest BCUT2D eigenvalue weighted by atomic mass is 35.5. The fraction of sp³-hybridized carbons (Fsp3) is 0.143. The second-order valence-electron chi connectivity index (χ2n) is 4.34. The zero-order chi connectivity index (χ0) is 13.4. The molecule has 5 heteroatoms. The van der Waals surface area contributed by atoms with Gasteiger partial charge in [-0.1, -0.05) is 29.8 Å². The lowest BCUT2D eigenvalue weighted by molar-refractivity contribution is 0.440. The maximum atomic E-state index is 5.99. The van der Waals surface area contributed by atoms with Crippen LogP contribution in [0.15, 0.2) is 36.5 Å². The van der Waals surface area contributed by atoms with E-state index >= 15 is 0 Å². The van der Waals surface area contributed by atoms with E-state index in [-0.39, 0.29) is 0 Å². The van der Waals surface area contributed by atoms with E-state index < -0.39 is 0 Å². The summed E-state index contributed by atoms with van der Waals surface area (Å²) >= 11 is 5.99. The number of benzene rings is 1. The lowest BCUT2D eigenvalue weighted by atomic mass is 10.1. The van der Waals surface area contributed by atoms with Crippen LogP contribution in [-0.2, 0) is 0 Å². The molecule has 0 radical (unpaired) electrons. The van der Waals surface area contributed by atoms with Crippen molar-refractivity contribution in [3.8, 4) is 11.6 Å². The molecule has 0 amide bonds. The van der Waals surface area contributed by atoms with Crippen LogP contribution in [0.5, 0.6) is 11.6 Å². The van der Waals surface area contributed by atoms with Crippen LogP contribution in [-0.4, -0.2) is 14.6 Å². The highest BCUT2D eigenvalue weighted by Crippen LogP contribution is 2.29. The Kier molecular flexibility index (Phi) is 2.87. The van der Waals surface area contributed by atoms with E-state index in [1.54, 1.807) is 22.8 Å². The zero-order valence-corrected chi connectivity index (χ0v) is 11.3. The summed E-state index contributed by atoms with van der Waals surface area (Å²) in [5.41, 5.74) is 2.79. The Labute approximate surface area is 115 Å². The second kappa shape index (κ2) is 4.55. The smallest absolute Gasteiger partial charge is 0.225 e. The van der Waals surface area contributed by atoms with Gasteiger partial charge >= 0.3 is 0 Å². The molecule has 2 heterocycles. The van der Waals surface area contributed by atoms with Crippen molar-refractivity contribution in [2.24, 2.45) is 0 Å². The number of halogens is 1. The number of rotatable bonds is 2. The van der Waals surface area contributed by atoms with Crippen LogP contribution in [0.4, 0.5) is 0 Å². The lowest BCUT2D eigenvalue weighted by Gasteiger charge is -2.12. The number of ether oxygens (including phenoxy) is 1. The number of aromatic nitrogens is 3. The van der Waals surface area contributed by atoms with Crippen LogP contribution in [0.1, 0.15) is 11.1 Å². The Morgan fingerprint density at radius 1 is 1.16 bits per heavy atom. The van der Waals surface area contributed by atoms with Gasteiger partial charge in [0.05, 0.1) is 6.20 Å². The average molecular weight is 274 g/mol. The molecule has 3 aromatic rings. The Morgan fingerprint density at radius 2 is 1.89 bits per heavy atom. The second-order valence-corrected chi connectivity index (χ2v) is 4.73. The molecule has 0 aliphatic heterocycles. The molecule has 0 atom stereocenters. The van der Waals surface area contributed by atoms with Crippen LogP contribution in [0.25, 0.3) is 5.65 Å². The number of nitrogens with zero attached hydrogens (tertiary/aromatic N) is 3. The SMILES string of the molecule is Cc1cccc(C)c1Oc1cc(Cl)nc2ccnn12. The summed E-state index contributed by atoms with van der Waals surface area (Å²) in [6.07, 6.45) is 1.66. The van der Waals surface area contributed by atoms with E-state index in [4.69, 9.17) is 16.3 Å². The molecule has 3 rings (SSSR count). The van der Waals surface area contributed by atoms with Crippen LogP contribution >= 0.6 is 11.6 Å².